The summed E-state index contributed by atoms with van der Waals surface area (Å²) in [4.78, 5) is 53.2. The molecule has 3 aromatic rings. The van der Waals surface area contributed by atoms with Crippen molar-refractivity contribution in [1.29, 1.82) is 0 Å². The van der Waals surface area contributed by atoms with Crippen molar-refractivity contribution in [1.82, 2.24) is 45.8 Å². The monoisotopic (exact) mass is 708 g/mol. The molecule has 4 rings (SSSR count). The molecule has 4 bridgehead atoms. The molecule has 0 fully saturated rings. The van der Waals surface area contributed by atoms with Gasteiger partial charge in [0.1, 0.15) is 24.4 Å². The molecule has 1 aliphatic rings. The second kappa shape index (κ2) is 19.0. The van der Waals surface area contributed by atoms with Crippen molar-refractivity contribution in [3.8, 4) is 11.5 Å². The van der Waals surface area contributed by atoms with Crippen molar-refractivity contribution >= 4 is 23.7 Å². The first-order valence-corrected chi connectivity index (χ1v) is 17.4. The van der Waals surface area contributed by atoms with Gasteiger partial charge in [-0.15, -0.1) is 5.10 Å². The van der Waals surface area contributed by atoms with Crippen LogP contribution in [0.1, 0.15) is 68.1 Å². The molecule has 0 saturated heterocycles. The van der Waals surface area contributed by atoms with Crippen LogP contribution in [0.3, 0.4) is 0 Å². The summed E-state index contributed by atoms with van der Waals surface area (Å²) >= 11 is 0. The number of nitrogens with one attached hydrogen (secondary N) is 3. The molecule has 0 radical (unpaired) electrons. The average Bonchev–Trinajstić information content (AvgIpc) is 3.55. The molecular weight excluding hydrogens is 656 g/mol. The maximum absolute atomic E-state index is 13.5. The number of hydrogen-bond acceptors (Lipinski definition) is 12. The zero-order chi connectivity index (χ0) is 36.9. The third-order valence-electron chi connectivity index (χ3n) is 8.34. The van der Waals surface area contributed by atoms with E-state index in [0.717, 1.165) is 31.5 Å². The number of amides is 3. The fourth-order valence-corrected chi connectivity index (χ4v) is 5.63. The topological polar surface area (TPSA) is 189 Å². The Morgan fingerprint density at radius 3 is 2.45 bits per heavy atom. The molecule has 278 valence electrons. The van der Waals surface area contributed by atoms with Gasteiger partial charge in [0.2, 0.25) is 17.8 Å². The van der Waals surface area contributed by atoms with Gasteiger partial charge in [0.05, 0.1) is 19.4 Å². The summed E-state index contributed by atoms with van der Waals surface area (Å²) in [5, 5.41) is 27.3. The number of fused-ring (bicyclic) bond motifs is 4. The summed E-state index contributed by atoms with van der Waals surface area (Å²) in [5.74, 6) is -0.150. The van der Waals surface area contributed by atoms with Gasteiger partial charge in [-0.25, -0.2) is 9.97 Å². The van der Waals surface area contributed by atoms with Crippen LogP contribution >= 0.6 is 0 Å². The van der Waals surface area contributed by atoms with Crippen molar-refractivity contribution in [2.75, 3.05) is 45.7 Å². The molecule has 0 unspecified atom stereocenters. The number of carbonyl (C=O) groups is 3. The van der Waals surface area contributed by atoms with Gasteiger partial charge in [-0.05, 0) is 63.3 Å². The second-order valence-electron chi connectivity index (χ2n) is 13.4. The summed E-state index contributed by atoms with van der Waals surface area (Å²) in [7, 11) is 5.30. The lowest BCUT2D eigenvalue weighted by atomic mass is 10.0. The summed E-state index contributed by atoms with van der Waals surface area (Å²) in [6.45, 7) is 8.58. The molecule has 3 atom stereocenters. The van der Waals surface area contributed by atoms with Gasteiger partial charge in [0.25, 0.3) is 5.91 Å². The molecule has 51 heavy (non-hydrogen) atoms. The van der Waals surface area contributed by atoms with E-state index in [4.69, 9.17) is 9.47 Å². The molecule has 4 N–H and O–H groups in total. The van der Waals surface area contributed by atoms with Crippen LogP contribution in [0, 0.1) is 5.92 Å². The molecule has 1 aliphatic heterocycles. The zero-order valence-corrected chi connectivity index (χ0v) is 30.5. The molecule has 1 aromatic carbocycles. The standard InChI is InChI=1S/C35H52N10O6/c1-23(2)16-28-33(48)40-31(24(3)46)34(49)36-12-7-8-13-44(20-25-18-37-35(38-19-25)43(4)5)14-9-15-45-21-27(41-42-45)22-51-30-17-26(32(47)39-28)10-11-29(30)50-6/h10-11,17-19,21,23-24,28,31,46H,7-9,12-16,20,22H2,1-6H3,(H,36,49)(H,39,47)(H,40,48)/t24-,28-,31+/m1/s1. The predicted molar refractivity (Wildman–Crippen MR) is 190 cm³/mol. The Morgan fingerprint density at radius 1 is 1.02 bits per heavy atom. The fourth-order valence-electron chi connectivity index (χ4n) is 5.63. The minimum atomic E-state index is -1.20. The van der Waals surface area contributed by atoms with E-state index in [1.807, 2.05) is 51.4 Å². The van der Waals surface area contributed by atoms with E-state index in [2.05, 4.69) is 41.1 Å². The number of aromatic nitrogens is 5. The van der Waals surface area contributed by atoms with Gasteiger partial charge < -0.3 is 35.4 Å². The number of methoxy groups -OCH3 is 1. The number of rotatable bonds is 7. The molecule has 0 saturated carbocycles. The summed E-state index contributed by atoms with van der Waals surface area (Å²) in [5.41, 5.74) is 1.85. The molecule has 16 heteroatoms. The van der Waals surface area contributed by atoms with E-state index in [1.54, 1.807) is 22.9 Å². The predicted octanol–water partition coefficient (Wildman–Crippen LogP) is 1.53. The van der Waals surface area contributed by atoms with Crippen LogP contribution in [0.2, 0.25) is 0 Å². The average molecular weight is 709 g/mol. The van der Waals surface area contributed by atoms with E-state index in [-0.39, 0.29) is 18.1 Å². The fraction of sp³-hybridized carbons (Fsp3) is 0.571. The van der Waals surface area contributed by atoms with Gasteiger partial charge in [-0.2, -0.15) is 0 Å². The third-order valence-corrected chi connectivity index (χ3v) is 8.34. The number of aliphatic hydroxyl groups excluding tert-OH is 1. The van der Waals surface area contributed by atoms with Gasteiger partial charge >= 0.3 is 0 Å². The number of nitrogens with zero attached hydrogens (tertiary/aromatic N) is 7. The Balaban J connectivity index is 1.55. The van der Waals surface area contributed by atoms with E-state index >= 15 is 0 Å². The number of aryl methyl sites for hydroxylation is 1. The number of aliphatic hydroxyl groups is 1. The Labute approximate surface area is 299 Å². The van der Waals surface area contributed by atoms with Crippen LogP contribution in [-0.4, -0.2) is 112 Å². The van der Waals surface area contributed by atoms with Crippen LogP contribution in [0.5, 0.6) is 11.5 Å². The van der Waals surface area contributed by atoms with Gasteiger partial charge in [-0.1, -0.05) is 19.1 Å². The van der Waals surface area contributed by atoms with Crippen molar-refractivity contribution in [2.24, 2.45) is 5.92 Å². The van der Waals surface area contributed by atoms with Crippen LogP contribution in [-0.2, 0) is 29.3 Å². The number of benzene rings is 1. The maximum Gasteiger partial charge on any atom is 0.252 e. The van der Waals surface area contributed by atoms with Crippen LogP contribution in [0.4, 0.5) is 5.95 Å². The van der Waals surface area contributed by atoms with Gasteiger partial charge in [0, 0.05) is 63.8 Å². The minimum Gasteiger partial charge on any atom is -0.493 e. The number of anilines is 1. The first-order chi connectivity index (χ1) is 24.4. The van der Waals surface area contributed by atoms with Crippen molar-refractivity contribution in [3.63, 3.8) is 0 Å². The lowest BCUT2D eigenvalue weighted by Crippen LogP contribution is -2.57. The quantitative estimate of drug-likeness (QED) is 0.278. The van der Waals surface area contributed by atoms with E-state index in [0.29, 0.717) is 55.6 Å². The molecule has 3 amide bonds. The Kier molecular flexibility index (Phi) is 14.5. The Hall–Kier alpha value is -4.83. The first-order valence-electron chi connectivity index (χ1n) is 17.4. The molecule has 3 heterocycles. The lowest BCUT2D eigenvalue weighted by molar-refractivity contribution is -0.132. The van der Waals surface area contributed by atoms with E-state index in [1.165, 1.54) is 14.0 Å². The van der Waals surface area contributed by atoms with Crippen molar-refractivity contribution in [2.45, 2.75) is 84.3 Å². The summed E-state index contributed by atoms with van der Waals surface area (Å²) < 4.78 is 13.3. The second-order valence-corrected chi connectivity index (χ2v) is 13.4. The minimum absolute atomic E-state index is 0.0411. The van der Waals surface area contributed by atoms with Crippen molar-refractivity contribution < 1.29 is 29.0 Å². The number of carbonyl (C=O) groups excluding carboxylic acids is 3. The Bertz CT molecular complexity index is 1580. The van der Waals surface area contributed by atoms with E-state index < -0.39 is 35.9 Å². The lowest BCUT2D eigenvalue weighted by Gasteiger charge is -2.26. The largest absolute Gasteiger partial charge is 0.493 e. The number of ether oxygens (including phenoxy) is 2. The third kappa shape index (κ3) is 11.9. The molecule has 0 spiro atoms. The maximum atomic E-state index is 13.5. The van der Waals surface area contributed by atoms with Gasteiger partial charge in [0.15, 0.2) is 11.5 Å². The highest BCUT2D eigenvalue weighted by molar-refractivity contribution is 5.99. The normalized spacial score (nSPS) is 19.6. The molecule has 2 aromatic heterocycles. The summed E-state index contributed by atoms with van der Waals surface area (Å²) in [6.07, 6.45) is 6.92. The molecular formula is C35H52N10O6. The van der Waals surface area contributed by atoms with Crippen molar-refractivity contribution in [3.05, 3.63) is 53.6 Å². The zero-order valence-electron chi connectivity index (χ0n) is 30.5. The first kappa shape index (κ1) is 39.0. The van der Waals surface area contributed by atoms with Crippen LogP contribution in [0.15, 0.2) is 36.8 Å². The molecule has 16 nitrogen and oxygen atoms in total. The highest BCUT2D eigenvalue weighted by Crippen LogP contribution is 2.29. The Morgan fingerprint density at radius 2 is 1.76 bits per heavy atom. The number of hydrogen-bond donors (Lipinski definition) is 4. The van der Waals surface area contributed by atoms with Crippen LogP contribution < -0.4 is 30.3 Å². The summed E-state index contributed by atoms with van der Waals surface area (Å²) in [6, 6.07) is 2.57. The molecule has 0 aliphatic carbocycles. The smallest absolute Gasteiger partial charge is 0.252 e. The van der Waals surface area contributed by atoms with Gasteiger partial charge in [-0.3, -0.25) is 24.0 Å². The highest BCUT2D eigenvalue weighted by Gasteiger charge is 2.30. The highest BCUT2D eigenvalue weighted by atomic mass is 16.5. The van der Waals surface area contributed by atoms with E-state index in [9.17, 15) is 19.5 Å². The van der Waals surface area contributed by atoms with Crippen LogP contribution in [0.25, 0.3) is 0 Å². The SMILES string of the molecule is COc1ccc2cc1OCc1cn(nn1)CCCN(Cc1cnc(N(C)C)nc1)CCCCNC(=O)[C@H]([C@@H](C)O)NC(=O)[C@@H](CC(C)C)NC2=O.